The monoisotopic (exact) mass is 320 g/mol. The van der Waals surface area contributed by atoms with E-state index in [4.69, 9.17) is 46.4 Å². The van der Waals surface area contributed by atoms with Crippen molar-refractivity contribution < 1.29 is 5.11 Å². The van der Waals surface area contributed by atoms with E-state index < -0.39 is 0 Å². The minimum atomic E-state index is -0.108. The third kappa shape index (κ3) is 2.76. The Balaban J connectivity index is 2.68. The topological polar surface area (TPSA) is 20.2 Å². The van der Waals surface area contributed by atoms with Crippen LogP contribution in [0.25, 0.3) is 11.1 Å². The van der Waals surface area contributed by atoms with Crippen molar-refractivity contribution in [2.45, 2.75) is 6.61 Å². The highest BCUT2D eigenvalue weighted by atomic mass is 35.5. The van der Waals surface area contributed by atoms with E-state index in [2.05, 4.69) is 0 Å². The number of halogens is 4. The molecule has 0 saturated heterocycles. The van der Waals surface area contributed by atoms with E-state index in [1.54, 1.807) is 30.3 Å². The number of hydrogen-bond acceptors (Lipinski definition) is 1. The quantitative estimate of drug-likeness (QED) is 0.728. The second-order valence-electron chi connectivity index (χ2n) is 3.71. The van der Waals surface area contributed by atoms with Crippen LogP contribution in [0.2, 0.25) is 20.1 Å². The second kappa shape index (κ2) is 5.68. The van der Waals surface area contributed by atoms with Crippen LogP contribution in [0.15, 0.2) is 30.3 Å². The van der Waals surface area contributed by atoms with Crippen LogP contribution in [0.3, 0.4) is 0 Å². The summed E-state index contributed by atoms with van der Waals surface area (Å²) >= 11 is 24.0. The van der Waals surface area contributed by atoms with Gasteiger partial charge in [0, 0.05) is 15.6 Å². The smallest absolute Gasteiger partial charge is 0.0687 e. The second-order valence-corrected chi connectivity index (χ2v) is 5.36. The van der Waals surface area contributed by atoms with Gasteiger partial charge < -0.3 is 5.11 Å². The van der Waals surface area contributed by atoms with Gasteiger partial charge in [0.25, 0.3) is 0 Å². The van der Waals surface area contributed by atoms with E-state index in [1.807, 2.05) is 0 Å². The summed E-state index contributed by atoms with van der Waals surface area (Å²) in [7, 11) is 0. The van der Waals surface area contributed by atoms with Crippen LogP contribution in [0.1, 0.15) is 5.56 Å². The SMILES string of the molecule is OCc1ccc(Cl)cc1-c1cc(Cl)c(Cl)cc1Cl. The molecule has 0 heterocycles. The van der Waals surface area contributed by atoms with Crippen molar-refractivity contribution in [3.8, 4) is 11.1 Å². The molecule has 0 spiro atoms. The van der Waals surface area contributed by atoms with E-state index in [1.165, 1.54) is 0 Å². The number of hydrogen-bond donors (Lipinski definition) is 1. The third-order valence-corrected chi connectivity index (χ3v) is 3.81. The lowest BCUT2D eigenvalue weighted by molar-refractivity contribution is 0.282. The molecule has 5 heteroatoms. The fourth-order valence-electron chi connectivity index (χ4n) is 1.67. The van der Waals surface area contributed by atoms with Gasteiger partial charge >= 0.3 is 0 Å². The first-order chi connectivity index (χ1) is 8.52. The average molecular weight is 322 g/mol. The molecule has 0 unspecified atom stereocenters. The molecular weight excluding hydrogens is 314 g/mol. The summed E-state index contributed by atoms with van der Waals surface area (Å²) in [4.78, 5) is 0. The maximum absolute atomic E-state index is 9.34. The summed E-state index contributed by atoms with van der Waals surface area (Å²) < 4.78 is 0. The van der Waals surface area contributed by atoms with Crippen molar-refractivity contribution in [1.82, 2.24) is 0 Å². The molecule has 0 aromatic heterocycles. The highest BCUT2D eigenvalue weighted by Gasteiger charge is 2.12. The van der Waals surface area contributed by atoms with E-state index in [9.17, 15) is 5.11 Å². The predicted molar refractivity (Wildman–Crippen MR) is 77.8 cm³/mol. The lowest BCUT2D eigenvalue weighted by Crippen LogP contribution is -1.90. The lowest BCUT2D eigenvalue weighted by Gasteiger charge is -2.11. The van der Waals surface area contributed by atoms with Gasteiger partial charge in [-0.05, 0) is 35.4 Å². The van der Waals surface area contributed by atoms with Crippen LogP contribution in [0.4, 0.5) is 0 Å². The van der Waals surface area contributed by atoms with E-state index >= 15 is 0 Å². The van der Waals surface area contributed by atoms with E-state index in [0.29, 0.717) is 25.7 Å². The Kier molecular flexibility index (Phi) is 4.41. The zero-order chi connectivity index (χ0) is 13.3. The van der Waals surface area contributed by atoms with Gasteiger partial charge in [-0.2, -0.15) is 0 Å². The van der Waals surface area contributed by atoms with Gasteiger partial charge in [-0.25, -0.2) is 0 Å². The zero-order valence-corrected chi connectivity index (χ0v) is 12.1. The Bertz CT molecular complexity index is 596. The molecule has 2 aromatic rings. The Hall–Kier alpha value is -0.440. The van der Waals surface area contributed by atoms with Gasteiger partial charge in [-0.15, -0.1) is 0 Å². The average Bonchev–Trinajstić information content (AvgIpc) is 2.34. The minimum Gasteiger partial charge on any atom is -0.392 e. The first-order valence-corrected chi connectivity index (χ1v) is 6.58. The van der Waals surface area contributed by atoms with Crippen LogP contribution >= 0.6 is 46.4 Å². The molecule has 0 aliphatic carbocycles. The van der Waals surface area contributed by atoms with Crippen molar-refractivity contribution in [2.75, 3.05) is 0 Å². The standard InChI is InChI=1S/C13H8Cl4O/c14-8-2-1-7(6-18)9(3-8)10-4-12(16)13(17)5-11(10)15/h1-5,18H,6H2. The number of aliphatic hydroxyl groups excluding tert-OH is 1. The summed E-state index contributed by atoms with van der Waals surface area (Å²) in [6, 6.07) is 8.43. The lowest BCUT2D eigenvalue weighted by atomic mass is 10.00. The van der Waals surface area contributed by atoms with Gasteiger partial charge in [0.1, 0.15) is 0 Å². The molecule has 2 aromatic carbocycles. The number of rotatable bonds is 2. The molecule has 1 N–H and O–H groups in total. The summed E-state index contributed by atoms with van der Waals surface area (Å²) in [6.07, 6.45) is 0. The molecule has 2 rings (SSSR count). The highest BCUT2D eigenvalue weighted by molar-refractivity contribution is 6.44. The molecule has 18 heavy (non-hydrogen) atoms. The molecule has 0 atom stereocenters. The maximum atomic E-state index is 9.34. The number of aliphatic hydroxyl groups is 1. The molecule has 0 aliphatic rings. The Morgan fingerprint density at radius 3 is 2.11 bits per heavy atom. The highest BCUT2D eigenvalue weighted by Crippen LogP contribution is 2.37. The zero-order valence-electron chi connectivity index (χ0n) is 9.05. The fraction of sp³-hybridized carbons (Fsp3) is 0.0769. The van der Waals surface area contributed by atoms with Gasteiger partial charge in [-0.1, -0.05) is 52.5 Å². The van der Waals surface area contributed by atoms with Crippen molar-refractivity contribution in [3.05, 3.63) is 56.0 Å². The molecule has 0 radical (unpaired) electrons. The molecule has 0 aliphatic heterocycles. The minimum absolute atomic E-state index is 0.108. The fourth-order valence-corrected chi connectivity index (χ4v) is 2.49. The van der Waals surface area contributed by atoms with E-state index in [-0.39, 0.29) is 6.61 Å². The van der Waals surface area contributed by atoms with Crippen LogP contribution in [0, 0.1) is 0 Å². The Morgan fingerprint density at radius 2 is 1.44 bits per heavy atom. The molecule has 94 valence electrons. The van der Waals surface area contributed by atoms with Gasteiger partial charge in [0.15, 0.2) is 0 Å². The molecule has 0 fully saturated rings. The third-order valence-electron chi connectivity index (χ3n) is 2.54. The summed E-state index contributed by atoms with van der Waals surface area (Å²) in [5, 5.41) is 11.1. The summed E-state index contributed by atoms with van der Waals surface area (Å²) in [5.74, 6) is 0. The van der Waals surface area contributed by atoms with Crippen LogP contribution in [0.5, 0.6) is 0 Å². The van der Waals surface area contributed by atoms with Crippen LogP contribution in [-0.4, -0.2) is 5.11 Å². The predicted octanol–water partition coefficient (Wildman–Crippen LogP) is 5.46. The largest absolute Gasteiger partial charge is 0.392 e. The summed E-state index contributed by atoms with van der Waals surface area (Å²) in [6.45, 7) is -0.108. The van der Waals surface area contributed by atoms with Gasteiger partial charge in [-0.3, -0.25) is 0 Å². The molecule has 0 saturated carbocycles. The molecule has 0 bridgehead atoms. The Morgan fingerprint density at radius 1 is 0.778 bits per heavy atom. The normalized spacial score (nSPS) is 10.7. The molecular formula is C13H8Cl4O. The van der Waals surface area contributed by atoms with Crippen molar-refractivity contribution in [1.29, 1.82) is 0 Å². The van der Waals surface area contributed by atoms with E-state index in [0.717, 1.165) is 11.1 Å². The van der Waals surface area contributed by atoms with Crippen molar-refractivity contribution in [2.24, 2.45) is 0 Å². The maximum Gasteiger partial charge on any atom is 0.0687 e. The molecule has 0 amide bonds. The first-order valence-electron chi connectivity index (χ1n) is 5.07. The van der Waals surface area contributed by atoms with Crippen molar-refractivity contribution >= 4 is 46.4 Å². The first kappa shape index (κ1) is 14.0. The number of benzene rings is 2. The summed E-state index contributed by atoms with van der Waals surface area (Å²) in [5.41, 5.74) is 2.16. The Labute approximate surface area is 125 Å². The van der Waals surface area contributed by atoms with Crippen LogP contribution < -0.4 is 0 Å². The molecule has 1 nitrogen and oxygen atoms in total. The van der Waals surface area contributed by atoms with Crippen molar-refractivity contribution in [3.63, 3.8) is 0 Å². The van der Waals surface area contributed by atoms with Crippen LogP contribution in [-0.2, 0) is 6.61 Å². The van der Waals surface area contributed by atoms with Gasteiger partial charge in [0.05, 0.1) is 16.7 Å². The van der Waals surface area contributed by atoms with Gasteiger partial charge in [0.2, 0.25) is 0 Å².